The van der Waals surface area contributed by atoms with Gasteiger partial charge in [-0.2, -0.15) is 5.10 Å². The highest BCUT2D eigenvalue weighted by Gasteiger charge is 2.27. The summed E-state index contributed by atoms with van der Waals surface area (Å²) in [4.78, 5) is 23.9. The van der Waals surface area contributed by atoms with E-state index >= 15 is 0 Å². The minimum Gasteiger partial charge on any atom is -0.480 e. The summed E-state index contributed by atoms with van der Waals surface area (Å²) < 4.78 is 1.65. The number of carbonyl (C=O) groups is 2. The zero-order valence-electron chi connectivity index (χ0n) is 14.0. The number of aliphatic carboxylic acids is 1. The Morgan fingerprint density at radius 2 is 2.09 bits per heavy atom. The van der Waals surface area contributed by atoms with Crippen molar-refractivity contribution in [2.75, 3.05) is 0 Å². The Bertz CT molecular complexity index is 547. The summed E-state index contributed by atoms with van der Waals surface area (Å²) in [5, 5.41) is 16.4. The number of carbonyl (C=O) groups excluding carboxylic acids is 1. The molecule has 1 atom stereocenters. The maximum atomic E-state index is 12.6. The Kier molecular flexibility index (Phi) is 6.19. The molecule has 6 heteroatoms. The van der Waals surface area contributed by atoms with Gasteiger partial charge in [-0.05, 0) is 19.3 Å². The van der Waals surface area contributed by atoms with Crippen LogP contribution in [0.1, 0.15) is 80.3 Å². The molecule has 0 saturated heterocycles. The van der Waals surface area contributed by atoms with E-state index in [1.807, 2.05) is 6.92 Å². The lowest BCUT2D eigenvalue weighted by Gasteiger charge is -2.21. The number of hydrogen-bond acceptors (Lipinski definition) is 3. The van der Waals surface area contributed by atoms with Gasteiger partial charge in [0, 0.05) is 19.2 Å². The largest absolute Gasteiger partial charge is 0.480 e. The molecule has 1 heterocycles. The number of rotatable bonds is 7. The van der Waals surface area contributed by atoms with Gasteiger partial charge >= 0.3 is 5.97 Å². The lowest BCUT2D eigenvalue weighted by Crippen LogP contribution is -2.41. The van der Waals surface area contributed by atoms with Gasteiger partial charge in [0.05, 0.1) is 11.3 Å². The van der Waals surface area contributed by atoms with Crippen LogP contribution in [0, 0.1) is 0 Å². The normalized spacial score (nSPS) is 17.0. The quantitative estimate of drug-likeness (QED) is 0.809. The predicted octanol–water partition coefficient (Wildman–Crippen LogP) is 2.84. The van der Waals surface area contributed by atoms with Crippen LogP contribution in [-0.2, 0) is 11.8 Å². The molecule has 1 aliphatic rings. The average molecular weight is 321 g/mol. The Morgan fingerprint density at radius 3 is 2.70 bits per heavy atom. The molecule has 1 aromatic rings. The number of aromatic nitrogens is 2. The van der Waals surface area contributed by atoms with Gasteiger partial charge in [-0.25, -0.2) is 4.79 Å². The maximum Gasteiger partial charge on any atom is 0.326 e. The molecule has 1 amide bonds. The average Bonchev–Trinajstić information content (AvgIpc) is 2.94. The van der Waals surface area contributed by atoms with Gasteiger partial charge < -0.3 is 10.4 Å². The number of hydrogen-bond donors (Lipinski definition) is 2. The fourth-order valence-corrected chi connectivity index (χ4v) is 3.26. The molecule has 0 aromatic carbocycles. The first-order valence-electron chi connectivity index (χ1n) is 8.60. The Labute approximate surface area is 137 Å². The Morgan fingerprint density at radius 1 is 1.39 bits per heavy atom. The van der Waals surface area contributed by atoms with Gasteiger partial charge in [0.2, 0.25) is 0 Å². The minimum atomic E-state index is -0.977. The van der Waals surface area contributed by atoms with E-state index in [1.54, 1.807) is 17.9 Å². The van der Waals surface area contributed by atoms with Crippen molar-refractivity contribution in [3.05, 3.63) is 17.5 Å². The Balaban J connectivity index is 2.13. The van der Waals surface area contributed by atoms with E-state index < -0.39 is 12.0 Å². The zero-order valence-corrected chi connectivity index (χ0v) is 14.0. The van der Waals surface area contributed by atoms with Crippen molar-refractivity contribution in [1.82, 2.24) is 15.1 Å². The number of carboxylic acids is 1. The van der Waals surface area contributed by atoms with Gasteiger partial charge in [-0.15, -0.1) is 0 Å². The molecule has 0 spiro atoms. The van der Waals surface area contributed by atoms with Gasteiger partial charge in [-0.1, -0.05) is 39.0 Å². The second-order valence-corrected chi connectivity index (χ2v) is 6.44. The van der Waals surface area contributed by atoms with E-state index in [9.17, 15) is 14.7 Å². The first kappa shape index (κ1) is 17.5. The molecule has 1 fully saturated rings. The Hall–Kier alpha value is -1.85. The van der Waals surface area contributed by atoms with Crippen LogP contribution >= 0.6 is 0 Å². The molecule has 1 saturated carbocycles. The number of unbranched alkanes of at least 4 members (excludes halogenated alkanes) is 1. The topological polar surface area (TPSA) is 84.2 Å². The zero-order chi connectivity index (χ0) is 16.8. The van der Waals surface area contributed by atoms with Crippen molar-refractivity contribution in [1.29, 1.82) is 0 Å². The number of aryl methyl sites for hydroxylation is 1. The van der Waals surface area contributed by atoms with Crippen LogP contribution in [0.3, 0.4) is 0 Å². The number of nitrogens with one attached hydrogen (secondary N) is 1. The fraction of sp³-hybridized carbons (Fsp3) is 0.706. The smallest absolute Gasteiger partial charge is 0.326 e. The molecule has 2 rings (SSSR count). The van der Waals surface area contributed by atoms with Gasteiger partial charge in [0.1, 0.15) is 6.04 Å². The van der Waals surface area contributed by atoms with Gasteiger partial charge in [0.25, 0.3) is 5.91 Å². The van der Waals surface area contributed by atoms with Crippen molar-refractivity contribution in [3.63, 3.8) is 0 Å². The molecule has 0 bridgehead atoms. The van der Waals surface area contributed by atoms with Crippen LogP contribution < -0.4 is 5.32 Å². The maximum absolute atomic E-state index is 12.6. The van der Waals surface area contributed by atoms with Crippen LogP contribution in [0.5, 0.6) is 0 Å². The second-order valence-electron chi connectivity index (χ2n) is 6.44. The molecule has 1 aliphatic carbocycles. The first-order chi connectivity index (χ1) is 11.0. The third-order valence-electron chi connectivity index (χ3n) is 4.54. The van der Waals surface area contributed by atoms with Crippen molar-refractivity contribution in [2.45, 2.75) is 70.3 Å². The molecular weight excluding hydrogens is 294 g/mol. The summed E-state index contributed by atoms with van der Waals surface area (Å²) in [5.41, 5.74) is 1.35. The van der Waals surface area contributed by atoms with E-state index in [4.69, 9.17) is 0 Å². The number of amides is 1. The molecule has 128 valence electrons. The van der Waals surface area contributed by atoms with Gasteiger partial charge in [-0.3, -0.25) is 9.48 Å². The molecule has 0 unspecified atom stereocenters. The fourth-order valence-electron chi connectivity index (χ4n) is 3.26. The van der Waals surface area contributed by atoms with Crippen molar-refractivity contribution < 1.29 is 14.7 Å². The summed E-state index contributed by atoms with van der Waals surface area (Å²) in [5.74, 6) is -0.985. The first-order valence-corrected chi connectivity index (χ1v) is 8.60. The van der Waals surface area contributed by atoms with Crippen LogP contribution in [0.25, 0.3) is 0 Å². The van der Waals surface area contributed by atoms with E-state index in [0.717, 1.165) is 44.2 Å². The highest BCUT2D eigenvalue weighted by atomic mass is 16.4. The molecule has 6 nitrogen and oxygen atoms in total. The third-order valence-corrected chi connectivity index (χ3v) is 4.54. The van der Waals surface area contributed by atoms with Crippen molar-refractivity contribution in [2.24, 2.45) is 7.05 Å². The molecule has 0 radical (unpaired) electrons. The summed E-state index contributed by atoms with van der Waals surface area (Å²) in [6, 6.07) is -0.832. The summed E-state index contributed by atoms with van der Waals surface area (Å²) >= 11 is 0. The molecule has 1 aromatic heterocycles. The van der Waals surface area contributed by atoms with Crippen molar-refractivity contribution >= 4 is 11.9 Å². The second kappa shape index (κ2) is 8.13. The highest BCUT2D eigenvalue weighted by Crippen LogP contribution is 2.33. The van der Waals surface area contributed by atoms with E-state index in [1.165, 1.54) is 6.42 Å². The van der Waals surface area contributed by atoms with Crippen LogP contribution in [0.4, 0.5) is 0 Å². The summed E-state index contributed by atoms with van der Waals surface area (Å²) in [6.45, 7) is 2.00. The molecule has 2 N–H and O–H groups in total. The summed E-state index contributed by atoms with van der Waals surface area (Å²) in [7, 11) is 1.80. The SMILES string of the molecule is CCCC[C@H](NC(=O)c1cn(C)nc1C1CCCCC1)C(=O)O. The van der Waals surface area contributed by atoms with Crippen LogP contribution in [-0.4, -0.2) is 32.8 Å². The standard InChI is InChI=1S/C17H27N3O3/c1-3-4-10-14(17(22)23)18-16(21)13-11-20(2)19-15(13)12-8-6-5-7-9-12/h11-12,14H,3-10H2,1-2H3,(H,18,21)(H,22,23)/t14-/m0/s1. The molecule has 0 aliphatic heterocycles. The minimum absolute atomic E-state index is 0.310. The van der Waals surface area contributed by atoms with E-state index in [0.29, 0.717) is 17.9 Å². The van der Waals surface area contributed by atoms with Crippen LogP contribution in [0.15, 0.2) is 6.20 Å². The predicted molar refractivity (Wildman–Crippen MR) is 87.4 cm³/mol. The number of carboxylic acid groups (broad SMARTS) is 1. The van der Waals surface area contributed by atoms with Gasteiger partial charge in [0.15, 0.2) is 0 Å². The van der Waals surface area contributed by atoms with E-state index in [-0.39, 0.29) is 5.91 Å². The third kappa shape index (κ3) is 4.56. The molecule has 23 heavy (non-hydrogen) atoms. The monoisotopic (exact) mass is 321 g/mol. The van der Waals surface area contributed by atoms with Crippen LogP contribution in [0.2, 0.25) is 0 Å². The lowest BCUT2D eigenvalue weighted by molar-refractivity contribution is -0.139. The van der Waals surface area contributed by atoms with Crippen molar-refractivity contribution in [3.8, 4) is 0 Å². The van der Waals surface area contributed by atoms with E-state index in [2.05, 4.69) is 10.4 Å². The molecular formula is C17H27N3O3. The lowest BCUT2D eigenvalue weighted by atomic mass is 9.85. The highest BCUT2D eigenvalue weighted by molar-refractivity contribution is 5.97. The summed E-state index contributed by atoms with van der Waals surface area (Å²) in [6.07, 6.45) is 9.51. The number of nitrogens with zero attached hydrogens (tertiary/aromatic N) is 2.